The van der Waals surface area contributed by atoms with Crippen LogP contribution in [0.4, 0.5) is 0 Å². The summed E-state index contributed by atoms with van der Waals surface area (Å²) in [6.45, 7) is 5.45. The highest BCUT2D eigenvalue weighted by Gasteiger charge is 2.15. The Balaban J connectivity index is 2.05. The van der Waals surface area contributed by atoms with Crippen LogP contribution < -0.4 is 5.32 Å². The van der Waals surface area contributed by atoms with Crippen molar-refractivity contribution in [3.8, 4) is 0 Å². The van der Waals surface area contributed by atoms with Crippen LogP contribution in [0.5, 0.6) is 0 Å². The normalized spacial score (nSPS) is 10.3. The predicted octanol–water partition coefficient (Wildman–Crippen LogP) is 3.15. The van der Waals surface area contributed by atoms with E-state index in [4.69, 9.17) is 11.6 Å². The number of carbonyl (C=O) groups excluding carboxylic acids is 2. The van der Waals surface area contributed by atoms with Crippen molar-refractivity contribution in [2.24, 2.45) is 0 Å². The molecule has 0 saturated heterocycles. The van der Waals surface area contributed by atoms with E-state index in [9.17, 15) is 9.59 Å². The van der Waals surface area contributed by atoms with Gasteiger partial charge in [0.05, 0.1) is 0 Å². The number of rotatable bonds is 6. The van der Waals surface area contributed by atoms with Gasteiger partial charge < -0.3 is 10.2 Å². The van der Waals surface area contributed by atoms with Crippen molar-refractivity contribution in [3.05, 3.63) is 64.4 Å². The van der Waals surface area contributed by atoms with Crippen molar-refractivity contribution >= 4 is 23.4 Å². The highest BCUT2D eigenvalue weighted by atomic mass is 35.5. The zero-order valence-corrected chi connectivity index (χ0v) is 14.5. The Bertz CT molecular complexity index is 712. The molecular weight excluding hydrogens is 326 g/mol. The Morgan fingerprint density at radius 3 is 2.42 bits per heavy atom. The van der Waals surface area contributed by atoms with E-state index in [2.05, 4.69) is 10.3 Å². The molecule has 0 unspecified atom stereocenters. The van der Waals surface area contributed by atoms with Crippen LogP contribution in [0.25, 0.3) is 0 Å². The second-order valence-electron chi connectivity index (χ2n) is 5.22. The molecule has 1 N–H and O–H groups in total. The van der Waals surface area contributed by atoms with E-state index < -0.39 is 0 Å². The summed E-state index contributed by atoms with van der Waals surface area (Å²) in [7, 11) is 0. The maximum atomic E-state index is 12.3. The monoisotopic (exact) mass is 345 g/mol. The molecule has 0 aliphatic rings. The van der Waals surface area contributed by atoms with E-state index in [0.29, 0.717) is 30.2 Å². The second kappa shape index (κ2) is 8.45. The number of pyridine rings is 1. The van der Waals surface area contributed by atoms with Crippen LogP contribution in [-0.4, -0.2) is 34.8 Å². The maximum Gasteiger partial charge on any atom is 0.270 e. The lowest BCUT2D eigenvalue weighted by atomic mass is 10.2. The lowest BCUT2D eigenvalue weighted by Gasteiger charge is -2.18. The Labute approximate surface area is 146 Å². The minimum absolute atomic E-state index is 0.103. The molecule has 2 rings (SSSR count). The molecule has 0 atom stereocenters. The van der Waals surface area contributed by atoms with Gasteiger partial charge in [-0.05, 0) is 43.7 Å². The summed E-state index contributed by atoms with van der Waals surface area (Å²) in [5.41, 5.74) is 1.62. The molecule has 2 amide bonds. The summed E-state index contributed by atoms with van der Waals surface area (Å²) in [5.74, 6) is -0.423. The molecule has 0 fully saturated rings. The summed E-state index contributed by atoms with van der Waals surface area (Å²) < 4.78 is 0. The number of hydrogen-bond acceptors (Lipinski definition) is 3. The molecule has 0 aliphatic heterocycles. The molecule has 1 heterocycles. The van der Waals surface area contributed by atoms with Gasteiger partial charge in [-0.15, -0.1) is 0 Å². The third-order valence-electron chi connectivity index (χ3n) is 3.66. The van der Waals surface area contributed by atoms with E-state index in [1.165, 1.54) is 12.3 Å². The highest BCUT2D eigenvalue weighted by Crippen LogP contribution is 2.10. The zero-order valence-electron chi connectivity index (χ0n) is 13.8. The van der Waals surface area contributed by atoms with Crippen molar-refractivity contribution in [1.82, 2.24) is 15.2 Å². The molecule has 0 saturated carbocycles. The molecule has 0 radical (unpaired) electrons. The number of hydrogen-bond donors (Lipinski definition) is 1. The van der Waals surface area contributed by atoms with Crippen LogP contribution >= 0.6 is 11.6 Å². The Hall–Kier alpha value is -2.40. The minimum atomic E-state index is -0.320. The van der Waals surface area contributed by atoms with Gasteiger partial charge in [0.1, 0.15) is 5.69 Å². The Morgan fingerprint density at radius 1 is 1.12 bits per heavy atom. The molecule has 2 aromatic rings. The van der Waals surface area contributed by atoms with Gasteiger partial charge in [0.2, 0.25) is 0 Å². The Morgan fingerprint density at radius 2 is 1.79 bits per heavy atom. The van der Waals surface area contributed by atoms with Crippen LogP contribution in [0.3, 0.4) is 0 Å². The van der Waals surface area contributed by atoms with Crippen LogP contribution in [0.1, 0.15) is 40.3 Å². The average molecular weight is 346 g/mol. The molecule has 24 heavy (non-hydrogen) atoms. The molecule has 1 aromatic carbocycles. The van der Waals surface area contributed by atoms with Crippen LogP contribution in [0.15, 0.2) is 42.6 Å². The molecule has 126 valence electrons. The van der Waals surface area contributed by atoms with Gasteiger partial charge in [-0.25, -0.2) is 0 Å². The van der Waals surface area contributed by atoms with Crippen LogP contribution in [0, 0.1) is 0 Å². The van der Waals surface area contributed by atoms with Crippen molar-refractivity contribution in [1.29, 1.82) is 0 Å². The largest absolute Gasteiger partial charge is 0.347 e. The van der Waals surface area contributed by atoms with Gasteiger partial charge in [0.15, 0.2) is 0 Å². The zero-order chi connectivity index (χ0) is 17.5. The number of benzene rings is 1. The number of aromatic nitrogens is 1. The number of halogens is 1. The van der Waals surface area contributed by atoms with Gasteiger partial charge in [-0.2, -0.15) is 0 Å². The fourth-order valence-corrected chi connectivity index (χ4v) is 2.38. The topological polar surface area (TPSA) is 62.3 Å². The number of nitrogens with zero attached hydrogens (tertiary/aromatic N) is 2. The smallest absolute Gasteiger partial charge is 0.270 e. The molecule has 5 nitrogen and oxygen atoms in total. The molecule has 6 heteroatoms. The first-order valence-corrected chi connectivity index (χ1v) is 8.21. The van der Waals surface area contributed by atoms with Crippen molar-refractivity contribution in [2.75, 3.05) is 13.1 Å². The van der Waals surface area contributed by atoms with E-state index in [-0.39, 0.29) is 17.5 Å². The molecule has 0 aliphatic carbocycles. The predicted molar refractivity (Wildman–Crippen MR) is 94.1 cm³/mol. The third-order valence-corrected chi connectivity index (χ3v) is 3.91. The van der Waals surface area contributed by atoms with E-state index in [1.807, 2.05) is 26.0 Å². The van der Waals surface area contributed by atoms with Crippen LogP contribution in [0.2, 0.25) is 5.02 Å². The first-order valence-electron chi connectivity index (χ1n) is 7.83. The van der Waals surface area contributed by atoms with Crippen LogP contribution in [-0.2, 0) is 6.54 Å². The van der Waals surface area contributed by atoms with Crippen molar-refractivity contribution in [3.63, 3.8) is 0 Å². The minimum Gasteiger partial charge on any atom is -0.347 e. The molecule has 1 aromatic heterocycles. The number of carbonyl (C=O) groups is 2. The lowest BCUT2D eigenvalue weighted by Crippen LogP contribution is -2.31. The average Bonchev–Trinajstić information content (AvgIpc) is 2.62. The van der Waals surface area contributed by atoms with E-state index in [0.717, 1.165) is 5.56 Å². The van der Waals surface area contributed by atoms with Gasteiger partial charge in [-0.1, -0.05) is 23.7 Å². The first-order chi connectivity index (χ1) is 11.5. The van der Waals surface area contributed by atoms with E-state index >= 15 is 0 Å². The lowest BCUT2D eigenvalue weighted by molar-refractivity contribution is 0.0773. The van der Waals surface area contributed by atoms with Gasteiger partial charge in [0.25, 0.3) is 11.8 Å². The maximum absolute atomic E-state index is 12.3. The molecular formula is C18H20ClN3O2. The quantitative estimate of drug-likeness (QED) is 0.874. The fourth-order valence-electron chi connectivity index (χ4n) is 2.26. The summed E-state index contributed by atoms with van der Waals surface area (Å²) in [5, 5.41) is 3.44. The highest BCUT2D eigenvalue weighted by molar-refractivity contribution is 6.30. The first kappa shape index (κ1) is 17.9. The molecule has 0 bridgehead atoms. The SMILES string of the molecule is CCN(CC)C(=O)c1ccnc(C(=O)NCc2ccc(Cl)cc2)c1. The third kappa shape index (κ3) is 4.55. The number of amides is 2. The summed E-state index contributed by atoms with van der Waals surface area (Å²) in [4.78, 5) is 30.3. The van der Waals surface area contributed by atoms with Gasteiger partial charge in [-0.3, -0.25) is 14.6 Å². The summed E-state index contributed by atoms with van der Waals surface area (Å²) in [6.07, 6.45) is 1.48. The molecule has 0 spiro atoms. The summed E-state index contributed by atoms with van der Waals surface area (Å²) >= 11 is 5.83. The second-order valence-corrected chi connectivity index (χ2v) is 5.65. The van der Waals surface area contributed by atoms with Gasteiger partial charge >= 0.3 is 0 Å². The Kier molecular flexibility index (Phi) is 6.32. The van der Waals surface area contributed by atoms with Crippen molar-refractivity contribution < 1.29 is 9.59 Å². The van der Waals surface area contributed by atoms with Gasteiger partial charge in [0, 0.05) is 36.4 Å². The fraction of sp³-hybridized carbons (Fsp3) is 0.278. The summed E-state index contributed by atoms with van der Waals surface area (Å²) in [6, 6.07) is 10.4. The number of nitrogens with one attached hydrogen (secondary N) is 1. The van der Waals surface area contributed by atoms with Crippen molar-refractivity contribution in [2.45, 2.75) is 20.4 Å². The standard InChI is InChI=1S/C18H20ClN3O2/c1-3-22(4-2)18(24)14-9-10-20-16(11-14)17(23)21-12-13-5-7-15(19)8-6-13/h5-11H,3-4,12H2,1-2H3,(H,21,23). The van der Waals surface area contributed by atoms with E-state index in [1.54, 1.807) is 23.1 Å².